The first kappa shape index (κ1) is 24.6. The number of sulfonamides is 1. The van der Waals surface area contributed by atoms with Gasteiger partial charge in [-0.1, -0.05) is 6.08 Å². The van der Waals surface area contributed by atoms with Crippen molar-refractivity contribution in [3.05, 3.63) is 46.5 Å². The maximum atomic E-state index is 12.5. The fourth-order valence-electron chi connectivity index (χ4n) is 1.86. The lowest BCUT2D eigenvalue weighted by molar-refractivity contribution is -0.384. The van der Waals surface area contributed by atoms with Gasteiger partial charge in [0.2, 0.25) is 10.0 Å². The van der Waals surface area contributed by atoms with E-state index in [0.717, 1.165) is 31.4 Å². The van der Waals surface area contributed by atoms with Gasteiger partial charge >= 0.3 is 5.97 Å². The molecule has 29 heavy (non-hydrogen) atoms. The second kappa shape index (κ2) is 10.4. The van der Waals surface area contributed by atoms with E-state index < -0.39 is 42.7 Å². The number of benzene rings is 1. The predicted molar refractivity (Wildman–Crippen MR) is 109 cm³/mol. The van der Waals surface area contributed by atoms with Crippen LogP contribution < -0.4 is 4.72 Å². The molecule has 0 heterocycles. The quantitative estimate of drug-likeness (QED) is 0.264. The average Bonchev–Trinajstić information content (AvgIpc) is 2.65. The van der Waals surface area contributed by atoms with Crippen molar-refractivity contribution in [1.29, 1.82) is 0 Å². The number of allylic oxidation sites excluding steroid dienone is 1. The Labute approximate surface area is 171 Å². The first-order valence-electron chi connectivity index (χ1n) is 8.34. The van der Waals surface area contributed by atoms with Gasteiger partial charge in [-0.3, -0.25) is 14.9 Å². The maximum absolute atomic E-state index is 12.5. The number of rotatable bonds is 9. The molecule has 12 heteroatoms. The lowest BCUT2D eigenvalue weighted by atomic mass is 10.2. The van der Waals surface area contributed by atoms with Gasteiger partial charge in [-0.2, -0.15) is 9.12 Å². The number of nitrogens with zero attached hydrogens (tertiary/aromatic N) is 2. The molecule has 1 N–H and O–H groups in total. The molecule has 10 nitrogen and oxygen atoms in total. The molecule has 0 amide bonds. The molecule has 2 atom stereocenters. The lowest BCUT2D eigenvalue weighted by Gasteiger charge is -2.15. The smallest absolute Gasteiger partial charge is 0.324 e. The number of esters is 1. The monoisotopic (exact) mass is 445 g/mol. The van der Waals surface area contributed by atoms with Gasteiger partial charge in [0.1, 0.15) is 17.0 Å². The minimum atomic E-state index is -4.12. The van der Waals surface area contributed by atoms with Crippen molar-refractivity contribution in [3.8, 4) is 0 Å². The largest absolute Gasteiger partial charge is 0.468 e. The van der Waals surface area contributed by atoms with E-state index in [1.165, 1.54) is 18.4 Å². The summed E-state index contributed by atoms with van der Waals surface area (Å²) in [6.07, 6.45) is 4.18. The van der Waals surface area contributed by atoms with E-state index in [0.29, 0.717) is 0 Å². The highest BCUT2D eigenvalue weighted by Gasteiger charge is 2.26. The van der Waals surface area contributed by atoms with Gasteiger partial charge in [0, 0.05) is 18.3 Å². The van der Waals surface area contributed by atoms with Crippen LogP contribution in [0.4, 0.5) is 5.69 Å². The summed E-state index contributed by atoms with van der Waals surface area (Å²) in [5, 5.41) is 10.7. The van der Waals surface area contributed by atoms with E-state index >= 15 is 0 Å². The van der Waals surface area contributed by atoms with E-state index in [2.05, 4.69) is 13.9 Å². The van der Waals surface area contributed by atoms with Crippen LogP contribution in [0.3, 0.4) is 0 Å². The SMILES string of the molecule is COC(=O)C(C/C=C/C=N/S(=O)C(C)(C)C)NS(=O)(=O)c1ccc([N+](=O)[O-])cc1. The lowest BCUT2D eigenvalue weighted by Crippen LogP contribution is -2.41. The van der Waals surface area contributed by atoms with Crippen LogP contribution in [0.1, 0.15) is 27.2 Å². The fourth-order valence-corrected chi connectivity index (χ4v) is 3.56. The number of non-ortho nitro benzene ring substituents is 1. The zero-order chi connectivity index (χ0) is 22.2. The predicted octanol–water partition coefficient (Wildman–Crippen LogP) is 1.89. The summed E-state index contributed by atoms with van der Waals surface area (Å²) in [5.74, 6) is -0.810. The van der Waals surface area contributed by atoms with E-state index in [-0.39, 0.29) is 17.0 Å². The van der Waals surface area contributed by atoms with Crippen molar-refractivity contribution in [3.63, 3.8) is 0 Å². The van der Waals surface area contributed by atoms with Gasteiger partial charge in [-0.15, -0.1) is 0 Å². The minimum Gasteiger partial charge on any atom is -0.468 e. The Morgan fingerprint density at radius 1 is 1.34 bits per heavy atom. The molecule has 1 aromatic rings. The fraction of sp³-hybridized carbons (Fsp3) is 0.412. The zero-order valence-corrected chi connectivity index (χ0v) is 18.0. The summed E-state index contributed by atoms with van der Waals surface area (Å²) >= 11 is 0. The van der Waals surface area contributed by atoms with E-state index in [1.54, 1.807) is 20.8 Å². The summed E-state index contributed by atoms with van der Waals surface area (Å²) in [4.78, 5) is 21.7. The minimum absolute atomic E-state index is 0.0486. The van der Waals surface area contributed by atoms with E-state index in [1.807, 2.05) is 0 Å². The van der Waals surface area contributed by atoms with Gasteiger partial charge in [-0.05, 0) is 45.4 Å². The van der Waals surface area contributed by atoms with Crippen molar-refractivity contribution in [2.24, 2.45) is 4.40 Å². The van der Waals surface area contributed by atoms with Crippen molar-refractivity contribution in [1.82, 2.24) is 4.72 Å². The van der Waals surface area contributed by atoms with Crippen LogP contribution in [0.25, 0.3) is 0 Å². The van der Waals surface area contributed by atoms with Crippen LogP contribution in [0.5, 0.6) is 0 Å². The molecule has 0 fully saturated rings. The first-order valence-corrected chi connectivity index (χ1v) is 10.9. The van der Waals surface area contributed by atoms with Crippen LogP contribution in [0, 0.1) is 10.1 Å². The third-order valence-corrected chi connectivity index (χ3v) is 6.26. The second-order valence-electron chi connectivity index (χ2n) is 6.73. The highest BCUT2D eigenvalue weighted by atomic mass is 32.2. The Morgan fingerprint density at radius 3 is 2.41 bits per heavy atom. The van der Waals surface area contributed by atoms with Crippen molar-refractivity contribution in [2.45, 2.75) is 42.9 Å². The summed E-state index contributed by atoms with van der Waals surface area (Å²) in [6, 6.07) is 3.01. The topological polar surface area (TPSA) is 145 Å². The van der Waals surface area contributed by atoms with Gasteiger partial charge in [0.25, 0.3) is 5.69 Å². The summed E-state index contributed by atoms with van der Waals surface area (Å²) in [5.41, 5.74) is -0.261. The molecule has 1 rings (SSSR count). The number of nitro benzene ring substituents is 1. The maximum Gasteiger partial charge on any atom is 0.324 e. The van der Waals surface area contributed by atoms with Crippen LogP contribution in [-0.2, 0) is 30.5 Å². The van der Waals surface area contributed by atoms with Crippen molar-refractivity contribution < 1.29 is 27.1 Å². The molecule has 0 radical (unpaired) electrons. The van der Waals surface area contributed by atoms with Crippen LogP contribution in [0.15, 0.2) is 45.7 Å². The Balaban J connectivity index is 2.89. The number of carbonyl (C=O) groups is 1. The Bertz CT molecular complexity index is 917. The molecule has 0 aliphatic carbocycles. The Kier molecular flexibility index (Phi) is 8.80. The van der Waals surface area contributed by atoms with E-state index in [4.69, 9.17) is 0 Å². The van der Waals surface area contributed by atoms with Crippen LogP contribution >= 0.6 is 0 Å². The average molecular weight is 446 g/mol. The van der Waals surface area contributed by atoms with E-state index in [9.17, 15) is 27.5 Å². The molecular weight excluding hydrogens is 422 g/mol. The van der Waals surface area contributed by atoms with Gasteiger partial charge in [0.05, 0.1) is 21.7 Å². The third kappa shape index (κ3) is 7.83. The van der Waals surface area contributed by atoms with Crippen LogP contribution in [0.2, 0.25) is 0 Å². The van der Waals surface area contributed by atoms with Crippen LogP contribution in [-0.4, -0.2) is 47.6 Å². The molecule has 1 aromatic carbocycles. The molecular formula is C17H23N3O7S2. The Morgan fingerprint density at radius 2 is 1.93 bits per heavy atom. The standard InChI is InChI=1S/C17H23N3O7S2/c1-17(2,3)28(24)18-12-6-5-7-15(16(21)27-4)19-29(25,26)14-10-8-13(9-11-14)20(22)23/h5-6,8-12,15,19H,7H2,1-4H3/b6-5+,18-12+. The Hall–Kier alpha value is -2.44. The zero-order valence-electron chi connectivity index (χ0n) is 16.4. The number of hydrogen-bond acceptors (Lipinski definition) is 7. The number of hydrogen-bond donors (Lipinski definition) is 1. The van der Waals surface area contributed by atoms with Crippen molar-refractivity contribution in [2.75, 3.05) is 7.11 Å². The number of carbonyl (C=O) groups excluding carboxylic acids is 1. The molecule has 0 aromatic heterocycles. The molecule has 0 saturated heterocycles. The summed E-state index contributed by atoms with van der Waals surface area (Å²) < 4.78 is 46.9. The number of nitrogens with one attached hydrogen (secondary N) is 1. The van der Waals surface area contributed by atoms with Gasteiger partial charge in [-0.25, -0.2) is 12.6 Å². The molecule has 0 bridgehead atoms. The number of methoxy groups -OCH3 is 1. The normalized spacial score (nSPS) is 14.8. The summed E-state index contributed by atoms with van der Waals surface area (Å²) in [6.45, 7) is 5.30. The molecule has 160 valence electrons. The highest BCUT2D eigenvalue weighted by molar-refractivity contribution is 7.89. The third-order valence-electron chi connectivity index (χ3n) is 3.42. The molecule has 0 aliphatic rings. The van der Waals surface area contributed by atoms with Crippen molar-refractivity contribution >= 4 is 38.9 Å². The summed E-state index contributed by atoms with van der Waals surface area (Å²) in [7, 11) is -4.44. The van der Waals surface area contributed by atoms with Gasteiger partial charge < -0.3 is 4.74 Å². The molecule has 0 aliphatic heterocycles. The number of nitro groups is 1. The molecule has 2 unspecified atom stereocenters. The first-order chi connectivity index (χ1) is 13.4. The molecule has 0 spiro atoms. The number of ether oxygens (including phenoxy) is 1. The highest BCUT2D eigenvalue weighted by Crippen LogP contribution is 2.16. The molecule has 0 saturated carbocycles. The van der Waals surface area contributed by atoms with Gasteiger partial charge in [0.15, 0.2) is 0 Å². The second-order valence-corrected chi connectivity index (χ2v) is 10.4.